The number of fused-ring (bicyclic) bond motifs is 7. The number of ketones is 2. The number of allylic oxidation sites excluding steroid dienone is 4. The molecule has 0 spiro atoms. The summed E-state index contributed by atoms with van der Waals surface area (Å²) in [6.07, 6.45) is 10.9. The minimum atomic E-state index is -0.621. The standard InChI is InChI=1S/C30H42N2O2/c1-25(2)10-12-30(32)13-11-29(7)23(19(30)16-25)20(33)14-22-27(5)15-18(17-31)24(34)26(3,4)21(27)8-9-28(22,29)6/h14-15,19,21,23H,8-13,16,32H2,1-7H3. The molecule has 184 valence electrons. The van der Waals surface area contributed by atoms with Gasteiger partial charge in [0.1, 0.15) is 6.07 Å². The molecule has 3 fully saturated rings. The Morgan fingerprint density at radius 3 is 2.26 bits per heavy atom. The molecular weight excluding hydrogens is 420 g/mol. The minimum absolute atomic E-state index is 0.0529. The average Bonchev–Trinajstić information content (AvgIpc) is 2.74. The fraction of sp³-hybridized carbons (Fsp3) is 0.767. The van der Waals surface area contributed by atoms with Gasteiger partial charge in [0.05, 0.1) is 5.57 Å². The maximum atomic E-state index is 14.1. The van der Waals surface area contributed by atoms with Crippen molar-refractivity contribution in [1.82, 2.24) is 0 Å². The highest BCUT2D eigenvalue weighted by Gasteiger charge is 2.69. The summed E-state index contributed by atoms with van der Waals surface area (Å²) in [5.41, 5.74) is 7.05. The molecule has 7 unspecified atom stereocenters. The molecular formula is C30H42N2O2. The smallest absolute Gasteiger partial charge is 0.178 e. The van der Waals surface area contributed by atoms with Gasteiger partial charge in [0.2, 0.25) is 0 Å². The van der Waals surface area contributed by atoms with Crippen LogP contribution in [0.15, 0.2) is 23.3 Å². The van der Waals surface area contributed by atoms with E-state index in [2.05, 4.69) is 40.7 Å². The van der Waals surface area contributed by atoms with E-state index in [1.165, 1.54) is 0 Å². The first kappa shape index (κ1) is 24.0. The molecule has 34 heavy (non-hydrogen) atoms. The SMILES string of the molecule is CC1(C)CCC2(N)CCC3(C)C(C(=O)C=C4C5(C)C=C(C#N)C(=O)C(C)(C)C5CCC43C)C2C1. The highest BCUT2D eigenvalue weighted by molar-refractivity contribution is 6.04. The van der Waals surface area contributed by atoms with Gasteiger partial charge >= 0.3 is 0 Å². The second-order valence-corrected chi connectivity index (χ2v) is 14.5. The summed E-state index contributed by atoms with van der Waals surface area (Å²) in [7, 11) is 0. The van der Waals surface area contributed by atoms with Gasteiger partial charge in [-0.3, -0.25) is 9.59 Å². The molecule has 0 aromatic rings. The van der Waals surface area contributed by atoms with Gasteiger partial charge in [-0.15, -0.1) is 0 Å². The van der Waals surface area contributed by atoms with E-state index in [-0.39, 0.29) is 56.7 Å². The van der Waals surface area contributed by atoms with Crippen molar-refractivity contribution >= 4 is 11.6 Å². The van der Waals surface area contributed by atoms with Crippen molar-refractivity contribution in [3.63, 3.8) is 0 Å². The normalized spacial score (nSPS) is 48.9. The molecule has 0 heterocycles. The van der Waals surface area contributed by atoms with Crippen LogP contribution >= 0.6 is 0 Å². The lowest BCUT2D eigenvalue weighted by Gasteiger charge is -2.69. The number of hydrogen-bond donors (Lipinski definition) is 1. The van der Waals surface area contributed by atoms with Crippen molar-refractivity contribution in [2.75, 3.05) is 0 Å². The van der Waals surface area contributed by atoms with Gasteiger partial charge in [0.25, 0.3) is 0 Å². The lowest BCUT2D eigenvalue weighted by molar-refractivity contribution is -0.158. The van der Waals surface area contributed by atoms with Crippen LogP contribution in [0, 0.1) is 56.2 Å². The molecule has 4 heteroatoms. The van der Waals surface area contributed by atoms with Crippen molar-refractivity contribution in [3.8, 4) is 6.07 Å². The summed E-state index contributed by atoms with van der Waals surface area (Å²) in [6.45, 7) is 15.6. The third kappa shape index (κ3) is 2.74. The van der Waals surface area contributed by atoms with Crippen molar-refractivity contribution < 1.29 is 9.59 Å². The van der Waals surface area contributed by atoms with Gasteiger partial charge in [-0.05, 0) is 79.1 Å². The zero-order valence-corrected chi connectivity index (χ0v) is 22.2. The highest BCUT2D eigenvalue weighted by Crippen LogP contribution is 2.73. The number of hydrogen-bond acceptors (Lipinski definition) is 4. The number of carbonyl (C=O) groups is 2. The molecule has 0 saturated heterocycles. The molecule has 5 aliphatic carbocycles. The first-order valence-electron chi connectivity index (χ1n) is 13.3. The quantitative estimate of drug-likeness (QED) is 0.484. The predicted octanol–water partition coefficient (Wildman–Crippen LogP) is 5.92. The number of carbonyl (C=O) groups excluding carboxylic acids is 2. The van der Waals surface area contributed by atoms with E-state index in [9.17, 15) is 14.9 Å². The maximum Gasteiger partial charge on any atom is 0.178 e. The highest BCUT2D eigenvalue weighted by atomic mass is 16.1. The van der Waals surface area contributed by atoms with E-state index in [0.717, 1.165) is 50.5 Å². The lowest BCUT2D eigenvalue weighted by Crippen LogP contribution is -2.68. The minimum Gasteiger partial charge on any atom is -0.325 e. The molecule has 0 aromatic carbocycles. The summed E-state index contributed by atoms with van der Waals surface area (Å²) >= 11 is 0. The van der Waals surface area contributed by atoms with E-state index in [1.807, 2.05) is 26.0 Å². The average molecular weight is 463 g/mol. The largest absolute Gasteiger partial charge is 0.325 e. The lowest BCUT2D eigenvalue weighted by atomic mass is 9.35. The summed E-state index contributed by atoms with van der Waals surface area (Å²) in [4.78, 5) is 27.3. The van der Waals surface area contributed by atoms with E-state index in [4.69, 9.17) is 5.73 Å². The predicted molar refractivity (Wildman–Crippen MR) is 133 cm³/mol. The Labute approximate surface area is 205 Å². The van der Waals surface area contributed by atoms with Crippen molar-refractivity contribution in [2.24, 2.45) is 50.6 Å². The molecule has 0 aliphatic heterocycles. The molecule has 7 atom stereocenters. The zero-order valence-electron chi connectivity index (χ0n) is 22.2. The number of nitriles is 1. The van der Waals surface area contributed by atoms with Gasteiger partial charge in [-0.25, -0.2) is 0 Å². The zero-order chi connectivity index (χ0) is 25.1. The number of nitrogens with two attached hydrogens (primary N) is 1. The molecule has 3 saturated carbocycles. The Kier molecular flexibility index (Phi) is 4.74. The van der Waals surface area contributed by atoms with Gasteiger partial charge in [0.15, 0.2) is 11.6 Å². The van der Waals surface area contributed by atoms with Crippen LogP contribution in [0.1, 0.15) is 93.4 Å². The fourth-order valence-electron chi connectivity index (χ4n) is 9.67. The summed E-state index contributed by atoms with van der Waals surface area (Å²) in [5, 5.41) is 9.82. The molecule has 0 amide bonds. The number of nitrogens with zero attached hydrogens (tertiary/aromatic N) is 1. The molecule has 5 rings (SSSR count). The second kappa shape index (κ2) is 6.73. The van der Waals surface area contributed by atoms with Crippen molar-refractivity contribution in [2.45, 2.75) is 99.0 Å². The Morgan fingerprint density at radius 2 is 1.62 bits per heavy atom. The first-order chi connectivity index (χ1) is 15.6. The van der Waals surface area contributed by atoms with Gasteiger partial charge in [0, 0.05) is 22.3 Å². The van der Waals surface area contributed by atoms with Gasteiger partial charge in [-0.1, -0.05) is 60.1 Å². The fourth-order valence-corrected chi connectivity index (χ4v) is 9.67. The van der Waals surface area contributed by atoms with Crippen LogP contribution in [0.5, 0.6) is 0 Å². The molecule has 0 radical (unpaired) electrons. The van der Waals surface area contributed by atoms with Crippen LogP contribution in [0.25, 0.3) is 0 Å². The van der Waals surface area contributed by atoms with E-state index < -0.39 is 10.8 Å². The number of rotatable bonds is 0. The topological polar surface area (TPSA) is 83.9 Å². The van der Waals surface area contributed by atoms with Crippen LogP contribution in [-0.4, -0.2) is 17.1 Å². The Morgan fingerprint density at radius 1 is 0.971 bits per heavy atom. The van der Waals surface area contributed by atoms with E-state index >= 15 is 0 Å². The van der Waals surface area contributed by atoms with Crippen LogP contribution in [-0.2, 0) is 9.59 Å². The van der Waals surface area contributed by atoms with Crippen LogP contribution in [0.3, 0.4) is 0 Å². The number of Topliss-reactive ketones (excluding diaryl/α,β-unsaturated/α-hetero) is 1. The van der Waals surface area contributed by atoms with Crippen LogP contribution in [0.2, 0.25) is 0 Å². The molecule has 0 bridgehead atoms. The van der Waals surface area contributed by atoms with E-state index in [0.29, 0.717) is 0 Å². The first-order valence-corrected chi connectivity index (χ1v) is 13.3. The van der Waals surface area contributed by atoms with Crippen LogP contribution < -0.4 is 5.73 Å². The van der Waals surface area contributed by atoms with Crippen molar-refractivity contribution in [3.05, 3.63) is 23.3 Å². The summed E-state index contributed by atoms with van der Waals surface area (Å²) in [6, 6.07) is 2.19. The maximum absolute atomic E-state index is 14.1. The Balaban J connectivity index is 1.69. The van der Waals surface area contributed by atoms with Gasteiger partial charge < -0.3 is 5.73 Å². The van der Waals surface area contributed by atoms with Crippen molar-refractivity contribution in [1.29, 1.82) is 5.26 Å². The molecule has 2 N–H and O–H groups in total. The molecule has 4 nitrogen and oxygen atoms in total. The molecule has 0 aromatic heterocycles. The third-order valence-corrected chi connectivity index (χ3v) is 11.9. The second-order valence-electron chi connectivity index (χ2n) is 14.5. The van der Waals surface area contributed by atoms with Gasteiger partial charge in [-0.2, -0.15) is 5.26 Å². The third-order valence-electron chi connectivity index (χ3n) is 11.9. The monoisotopic (exact) mass is 462 g/mol. The van der Waals surface area contributed by atoms with Crippen LogP contribution in [0.4, 0.5) is 0 Å². The Bertz CT molecular complexity index is 1090. The summed E-state index contributed by atoms with van der Waals surface area (Å²) < 4.78 is 0. The summed E-state index contributed by atoms with van der Waals surface area (Å²) in [5.74, 6) is 0.413. The molecule has 5 aliphatic rings. The van der Waals surface area contributed by atoms with E-state index in [1.54, 1.807) is 0 Å². The Hall–Kier alpha value is -1.73.